The molecule has 0 fully saturated rings. The summed E-state index contributed by atoms with van der Waals surface area (Å²) in [5, 5.41) is 0. The summed E-state index contributed by atoms with van der Waals surface area (Å²) in [4.78, 5) is 1.99. The lowest BCUT2D eigenvalue weighted by atomic mass is 10.5. The maximum atomic E-state index is 3.75. The molecular formula is C7H13N. The van der Waals surface area contributed by atoms with Crippen molar-refractivity contribution < 1.29 is 0 Å². The van der Waals surface area contributed by atoms with Crippen molar-refractivity contribution in [2.75, 3.05) is 6.54 Å². The molecule has 0 aliphatic rings. The maximum absolute atomic E-state index is 3.75. The van der Waals surface area contributed by atoms with E-state index in [2.05, 4.69) is 20.1 Å². The fraction of sp³-hybridized carbons (Fsp3) is 0.429. The summed E-state index contributed by atoms with van der Waals surface area (Å²) in [6.45, 7) is 12.4. The van der Waals surface area contributed by atoms with Crippen molar-refractivity contribution in [2.24, 2.45) is 0 Å². The second kappa shape index (κ2) is 3.30. The number of rotatable bonds is 3. The summed E-state index contributed by atoms with van der Waals surface area (Å²) in [5.74, 6) is 0. The minimum absolute atomic E-state index is 0.957. The van der Waals surface area contributed by atoms with Gasteiger partial charge in [0.25, 0.3) is 0 Å². The lowest BCUT2D eigenvalue weighted by molar-refractivity contribution is 0.496. The number of hydrogen-bond donors (Lipinski definition) is 0. The molecule has 8 heavy (non-hydrogen) atoms. The average molecular weight is 111 g/mol. The molecule has 0 radical (unpaired) electrons. The van der Waals surface area contributed by atoms with E-state index in [9.17, 15) is 0 Å². The Kier molecular flexibility index (Phi) is 3.01. The molecule has 0 N–H and O–H groups in total. The lowest BCUT2D eigenvalue weighted by Crippen LogP contribution is -2.11. The van der Waals surface area contributed by atoms with Crippen LogP contribution in [0.4, 0.5) is 0 Å². The Bertz CT molecular complexity index is 94.6. The van der Waals surface area contributed by atoms with Gasteiger partial charge in [-0.15, -0.1) is 0 Å². The normalized spacial score (nSPS) is 8.25. The van der Waals surface area contributed by atoms with Crippen molar-refractivity contribution in [2.45, 2.75) is 13.8 Å². The van der Waals surface area contributed by atoms with Crippen molar-refractivity contribution in [3.8, 4) is 0 Å². The van der Waals surface area contributed by atoms with Gasteiger partial charge in [-0.05, 0) is 20.0 Å². The lowest BCUT2D eigenvalue weighted by Gasteiger charge is -2.15. The average Bonchev–Trinajstić information content (AvgIpc) is 1.69. The van der Waals surface area contributed by atoms with Gasteiger partial charge in [-0.1, -0.05) is 13.2 Å². The Morgan fingerprint density at radius 3 is 2.25 bits per heavy atom. The van der Waals surface area contributed by atoms with Crippen LogP contribution in [0.1, 0.15) is 13.8 Å². The minimum Gasteiger partial charge on any atom is -0.353 e. The van der Waals surface area contributed by atoms with E-state index in [4.69, 9.17) is 0 Å². The Morgan fingerprint density at radius 2 is 2.25 bits per heavy atom. The van der Waals surface area contributed by atoms with E-state index < -0.39 is 0 Å². The highest BCUT2D eigenvalue weighted by atomic mass is 15.1. The first-order valence-corrected chi connectivity index (χ1v) is 2.77. The zero-order valence-electron chi connectivity index (χ0n) is 5.65. The summed E-state index contributed by atoms with van der Waals surface area (Å²) >= 11 is 0. The van der Waals surface area contributed by atoms with Gasteiger partial charge in [0.1, 0.15) is 0 Å². The third-order valence-electron chi connectivity index (χ3n) is 1.05. The van der Waals surface area contributed by atoms with Crippen molar-refractivity contribution in [1.29, 1.82) is 0 Å². The predicted octanol–water partition coefficient (Wildman–Crippen LogP) is 1.99. The molecule has 0 heterocycles. The summed E-state index contributed by atoms with van der Waals surface area (Å²) < 4.78 is 0. The van der Waals surface area contributed by atoms with E-state index in [0.717, 1.165) is 12.2 Å². The van der Waals surface area contributed by atoms with Gasteiger partial charge in [-0.25, -0.2) is 0 Å². The van der Waals surface area contributed by atoms with Gasteiger partial charge in [-0.2, -0.15) is 0 Å². The second-order valence-electron chi connectivity index (χ2n) is 1.70. The van der Waals surface area contributed by atoms with Gasteiger partial charge in [-0.3, -0.25) is 0 Å². The van der Waals surface area contributed by atoms with Crippen molar-refractivity contribution in [1.82, 2.24) is 4.90 Å². The topological polar surface area (TPSA) is 3.24 Å². The number of hydrogen-bond acceptors (Lipinski definition) is 1. The minimum atomic E-state index is 0.957. The molecule has 46 valence electrons. The van der Waals surface area contributed by atoms with Crippen LogP contribution in [0.2, 0.25) is 0 Å². The van der Waals surface area contributed by atoms with Crippen molar-refractivity contribution in [3.63, 3.8) is 0 Å². The summed E-state index contributed by atoms with van der Waals surface area (Å²) in [6.07, 6.45) is 1.78. The van der Waals surface area contributed by atoms with Crippen LogP contribution in [0.3, 0.4) is 0 Å². The summed E-state index contributed by atoms with van der Waals surface area (Å²) in [6, 6.07) is 0. The molecule has 0 amide bonds. The molecule has 0 saturated heterocycles. The molecule has 0 aromatic heterocycles. The number of allylic oxidation sites excluding steroid dienone is 1. The molecule has 0 spiro atoms. The fourth-order valence-electron chi connectivity index (χ4n) is 0.555. The van der Waals surface area contributed by atoms with Crippen LogP contribution >= 0.6 is 0 Å². The predicted molar refractivity (Wildman–Crippen MR) is 37.4 cm³/mol. The highest BCUT2D eigenvalue weighted by Crippen LogP contribution is 1.97. The molecule has 0 rings (SSSR count). The molecule has 0 saturated carbocycles. The Balaban J connectivity index is 3.69. The van der Waals surface area contributed by atoms with Gasteiger partial charge >= 0.3 is 0 Å². The van der Waals surface area contributed by atoms with E-state index in [-0.39, 0.29) is 0 Å². The van der Waals surface area contributed by atoms with Crippen LogP contribution < -0.4 is 0 Å². The molecule has 0 aromatic rings. The SMILES string of the molecule is C=CN(CC)C(=C)C. The smallest absolute Gasteiger partial charge is 0.0193 e. The molecule has 0 aliphatic carbocycles. The highest BCUT2D eigenvalue weighted by molar-refractivity contribution is 4.92. The third-order valence-corrected chi connectivity index (χ3v) is 1.05. The monoisotopic (exact) mass is 111 g/mol. The third kappa shape index (κ3) is 1.82. The number of nitrogens with zero attached hydrogens (tertiary/aromatic N) is 1. The quantitative estimate of drug-likeness (QED) is 0.538. The molecule has 1 heteroatoms. The van der Waals surface area contributed by atoms with Crippen LogP contribution in [0.5, 0.6) is 0 Å². The first kappa shape index (κ1) is 7.28. The molecule has 0 aliphatic heterocycles. The van der Waals surface area contributed by atoms with Crippen LogP contribution in [0.15, 0.2) is 25.1 Å². The Labute approximate surface area is 51.3 Å². The largest absolute Gasteiger partial charge is 0.353 e. The molecule has 0 bridgehead atoms. The van der Waals surface area contributed by atoms with Crippen LogP contribution in [-0.2, 0) is 0 Å². The zero-order chi connectivity index (χ0) is 6.57. The van der Waals surface area contributed by atoms with Gasteiger partial charge in [0.05, 0.1) is 0 Å². The second-order valence-corrected chi connectivity index (χ2v) is 1.70. The first-order chi connectivity index (χ1) is 3.72. The molecule has 0 aromatic carbocycles. The van der Waals surface area contributed by atoms with Crippen molar-refractivity contribution in [3.05, 3.63) is 25.1 Å². The zero-order valence-corrected chi connectivity index (χ0v) is 5.65. The van der Waals surface area contributed by atoms with Crippen molar-refractivity contribution >= 4 is 0 Å². The first-order valence-electron chi connectivity index (χ1n) is 2.77. The van der Waals surface area contributed by atoms with E-state index in [1.165, 1.54) is 0 Å². The van der Waals surface area contributed by atoms with E-state index >= 15 is 0 Å². The Morgan fingerprint density at radius 1 is 1.75 bits per heavy atom. The van der Waals surface area contributed by atoms with Crippen LogP contribution in [-0.4, -0.2) is 11.4 Å². The summed E-state index contributed by atoms with van der Waals surface area (Å²) in [7, 11) is 0. The summed E-state index contributed by atoms with van der Waals surface area (Å²) in [5.41, 5.74) is 1.04. The van der Waals surface area contributed by atoms with E-state index in [1.54, 1.807) is 6.20 Å². The molecule has 0 atom stereocenters. The van der Waals surface area contributed by atoms with Crippen LogP contribution in [0, 0.1) is 0 Å². The molecule has 1 nitrogen and oxygen atoms in total. The van der Waals surface area contributed by atoms with E-state index in [0.29, 0.717) is 0 Å². The fourth-order valence-corrected chi connectivity index (χ4v) is 0.555. The van der Waals surface area contributed by atoms with Gasteiger partial charge in [0, 0.05) is 12.2 Å². The standard InChI is InChI=1S/C7H13N/c1-5-8(6-2)7(3)4/h5H,1,3,6H2,2,4H3. The molecular weight excluding hydrogens is 98.1 g/mol. The Hall–Kier alpha value is -0.720. The van der Waals surface area contributed by atoms with E-state index in [1.807, 2.05) is 11.8 Å². The van der Waals surface area contributed by atoms with Crippen LogP contribution in [0.25, 0.3) is 0 Å². The van der Waals surface area contributed by atoms with Gasteiger partial charge < -0.3 is 4.90 Å². The van der Waals surface area contributed by atoms with Gasteiger partial charge in [0.15, 0.2) is 0 Å². The molecule has 0 unspecified atom stereocenters. The van der Waals surface area contributed by atoms with Gasteiger partial charge in [0.2, 0.25) is 0 Å². The highest BCUT2D eigenvalue weighted by Gasteiger charge is 1.90. The maximum Gasteiger partial charge on any atom is 0.0193 e.